The van der Waals surface area contributed by atoms with Crippen LogP contribution in [0.15, 0.2) is 6.07 Å². The van der Waals surface area contributed by atoms with E-state index in [0.29, 0.717) is 32.8 Å². The highest BCUT2D eigenvalue weighted by atomic mass is 32.1. The van der Waals surface area contributed by atoms with E-state index in [1.165, 1.54) is 25.7 Å². The molecule has 2 saturated heterocycles. The first-order valence-electron chi connectivity index (χ1n) is 14.0. The smallest absolute Gasteiger partial charge is 0.242 e. The highest BCUT2D eigenvalue weighted by molar-refractivity contribution is 7.24. The standard InChI is InChI=1S/C27H37N7O3S2/c1-18-24-20(15-21-25(18)30-27(39-21)31(2)17-23(36)34-11-13-37-14-12-34)38-26(29-24)28-16-22(35)33-9-7-32(8-10-33)19-5-3-4-6-19/h15,19H,3-14,16-17H2,1-2H3,(H,28,29). The number of nitrogens with zero attached hydrogens (tertiary/aromatic N) is 6. The molecule has 2 aliphatic heterocycles. The van der Waals surface area contributed by atoms with Crippen molar-refractivity contribution in [2.24, 2.45) is 0 Å². The second kappa shape index (κ2) is 11.5. The van der Waals surface area contributed by atoms with Gasteiger partial charge in [-0.05, 0) is 25.8 Å². The summed E-state index contributed by atoms with van der Waals surface area (Å²) in [6, 6.07) is 2.85. The molecular weight excluding hydrogens is 534 g/mol. The molecule has 6 rings (SSSR count). The highest BCUT2D eigenvalue weighted by Gasteiger charge is 2.28. The molecule has 2 amide bonds. The van der Waals surface area contributed by atoms with Crippen molar-refractivity contribution in [3.05, 3.63) is 11.6 Å². The largest absolute Gasteiger partial charge is 0.378 e. The second-order valence-electron chi connectivity index (χ2n) is 10.8. The number of hydrogen-bond acceptors (Lipinski definition) is 10. The SMILES string of the molecule is Cc1c2nc(NCC(=O)N3CCN(C4CCCC4)CC3)sc2cc2sc(N(C)CC(=O)N3CCOCC3)nc12. The van der Waals surface area contributed by atoms with Gasteiger partial charge >= 0.3 is 0 Å². The van der Waals surface area contributed by atoms with Gasteiger partial charge in [0.1, 0.15) is 0 Å². The molecule has 1 N–H and O–H groups in total. The quantitative estimate of drug-likeness (QED) is 0.463. The number of piperazine rings is 1. The summed E-state index contributed by atoms with van der Waals surface area (Å²) in [5.41, 5.74) is 2.86. The van der Waals surface area contributed by atoms with Crippen molar-refractivity contribution in [2.45, 2.75) is 38.6 Å². The van der Waals surface area contributed by atoms with Crippen LogP contribution in [0.3, 0.4) is 0 Å². The summed E-state index contributed by atoms with van der Waals surface area (Å²) in [4.78, 5) is 43.6. The molecular formula is C27H37N7O3S2. The number of fused-ring (bicyclic) bond motifs is 2. The topological polar surface area (TPSA) is 94.1 Å². The van der Waals surface area contributed by atoms with E-state index >= 15 is 0 Å². The minimum atomic E-state index is 0.0976. The van der Waals surface area contributed by atoms with Crippen molar-refractivity contribution in [3.8, 4) is 0 Å². The first-order chi connectivity index (χ1) is 19.0. The molecule has 1 aromatic carbocycles. The first kappa shape index (κ1) is 26.7. The Morgan fingerprint density at radius 1 is 0.974 bits per heavy atom. The van der Waals surface area contributed by atoms with E-state index in [1.807, 2.05) is 28.7 Å². The van der Waals surface area contributed by atoms with E-state index in [4.69, 9.17) is 14.7 Å². The molecule has 10 nitrogen and oxygen atoms in total. The molecule has 3 aromatic rings. The van der Waals surface area contributed by atoms with Crippen molar-refractivity contribution >= 4 is 65.2 Å². The maximum absolute atomic E-state index is 12.9. The van der Waals surface area contributed by atoms with E-state index in [0.717, 1.165) is 68.5 Å². The number of thiazole rings is 2. The predicted octanol–water partition coefficient (Wildman–Crippen LogP) is 3.01. The Kier molecular flexibility index (Phi) is 7.88. The van der Waals surface area contributed by atoms with E-state index in [2.05, 4.69) is 16.3 Å². The third-order valence-corrected chi connectivity index (χ3v) is 10.3. The Labute approximate surface area is 236 Å². The zero-order valence-electron chi connectivity index (χ0n) is 22.8. The third-order valence-electron chi connectivity index (χ3n) is 8.23. The van der Waals surface area contributed by atoms with Gasteiger partial charge in [0.15, 0.2) is 10.3 Å². The van der Waals surface area contributed by atoms with Gasteiger partial charge in [-0.2, -0.15) is 0 Å². The Hall–Kier alpha value is -2.54. The van der Waals surface area contributed by atoms with Crippen LogP contribution < -0.4 is 10.2 Å². The molecule has 210 valence electrons. The van der Waals surface area contributed by atoms with Gasteiger partial charge in [-0.25, -0.2) is 9.97 Å². The number of nitrogens with one attached hydrogen (secondary N) is 1. The number of benzene rings is 1. The van der Waals surface area contributed by atoms with Crippen LogP contribution >= 0.6 is 22.7 Å². The van der Waals surface area contributed by atoms with Gasteiger partial charge in [0.25, 0.3) is 0 Å². The lowest BCUT2D eigenvalue weighted by Crippen LogP contribution is -2.52. The van der Waals surface area contributed by atoms with Crippen LogP contribution in [-0.4, -0.2) is 115 Å². The Balaban J connectivity index is 1.07. The zero-order valence-corrected chi connectivity index (χ0v) is 24.4. The van der Waals surface area contributed by atoms with Crippen LogP contribution in [0.1, 0.15) is 31.2 Å². The molecule has 39 heavy (non-hydrogen) atoms. The van der Waals surface area contributed by atoms with E-state index in [9.17, 15) is 9.59 Å². The number of rotatable bonds is 7. The first-order valence-corrected chi connectivity index (χ1v) is 15.6. The van der Waals surface area contributed by atoms with Crippen LogP contribution in [0.4, 0.5) is 10.3 Å². The van der Waals surface area contributed by atoms with Crippen molar-refractivity contribution in [3.63, 3.8) is 0 Å². The van der Waals surface area contributed by atoms with Crippen LogP contribution in [0.2, 0.25) is 0 Å². The fourth-order valence-corrected chi connectivity index (χ4v) is 7.97. The molecule has 0 unspecified atom stereocenters. The molecule has 4 heterocycles. The van der Waals surface area contributed by atoms with Gasteiger partial charge < -0.3 is 24.8 Å². The number of carbonyl (C=O) groups excluding carboxylic acids is 2. The highest BCUT2D eigenvalue weighted by Crippen LogP contribution is 2.37. The van der Waals surface area contributed by atoms with Crippen molar-refractivity contribution in [1.82, 2.24) is 24.7 Å². The number of amides is 2. The Morgan fingerprint density at radius 2 is 1.64 bits per heavy atom. The van der Waals surface area contributed by atoms with Gasteiger partial charge in [-0.15, -0.1) is 0 Å². The number of carbonyl (C=O) groups is 2. The molecule has 0 bridgehead atoms. The summed E-state index contributed by atoms with van der Waals surface area (Å²) in [5, 5.41) is 4.86. The predicted molar refractivity (Wildman–Crippen MR) is 157 cm³/mol. The number of aromatic nitrogens is 2. The fourth-order valence-electron chi connectivity index (χ4n) is 5.91. The zero-order chi connectivity index (χ0) is 26.9. The van der Waals surface area contributed by atoms with Gasteiger partial charge in [0, 0.05) is 57.9 Å². The van der Waals surface area contributed by atoms with Crippen molar-refractivity contribution in [2.75, 3.05) is 82.8 Å². The molecule has 12 heteroatoms. The molecule has 3 aliphatic rings. The molecule has 0 atom stereocenters. The normalized spacial score (nSPS) is 19.3. The maximum Gasteiger partial charge on any atom is 0.242 e. The molecule has 0 spiro atoms. The molecule has 1 saturated carbocycles. The number of likely N-dealkylation sites (N-methyl/N-ethyl adjacent to an activating group) is 1. The number of aryl methyl sites for hydroxylation is 1. The average molecular weight is 572 g/mol. The molecule has 2 aromatic heterocycles. The summed E-state index contributed by atoms with van der Waals surface area (Å²) >= 11 is 3.16. The third kappa shape index (κ3) is 5.70. The summed E-state index contributed by atoms with van der Waals surface area (Å²) in [5.74, 6) is 0.236. The van der Waals surface area contributed by atoms with Gasteiger partial charge in [0.2, 0.25) is 11.8 Å². The van der Waals surface area contributed by atoms with Crippen LogP contribution in [0.25, 0.3) is 20.4 Å². The minimum absolute atomic E-state index is 0.0976. The van der Waals surface area contributed by atoms with E-state index in [1.54, 1.807) is 22.7 Å². The van der Waals surface area contributed by atoms with Gasteiger partial charge in [-0.3, -0.25) is 14.5 Å². The van der Waals surface area contributed by atoms with E-state index in [-0.39, 0.29) is 18.4 Å². The number of ether oxygens (including phenoxy) is 1. The van der Waals surface area contributed by atoms with Crippen molar-refractivity contribution in [1.29, 1.82) is 0 Å². The summed E-state index contributed by atoms with van der Waals surface area (Å²) in [7, 11) is 1.92. The Bertz CT molecular complexity index is 1340. The molecule has 0 radical (unpaired) electrons. The second-order valence-corrected chi connectivity index (χ2v) is 12.8. The minimum Gasteiger partial charge on any atom is -0.378 e. The molecule has 3 fully saturated rings. The monoisotopic (exact) mass is 571 g/mol. The Morgan fingerprint density at radius 3 is 2.38 bits per heavy atom. The lowest BCUT2D eigenvalue weighted by atomic mass is 10.2. The van der Waals surface area contributed by atoms with Gasteiger partial charge in [-0.1, -0.05) is 35.5 Å². The number of anilines is 2. The fraction of sp³-hybridized carbons (Fsp3) is 0.630. The average Bonchev–Trinajstić information content (AvgIpc) is 3.73. The summed E-state index contributed by atoms with van der Waals surface area (Å²) in [6.45, 7) is 8.69. The van der Waals surface area contributed by atoms with Gasteiger partial charge in [0.05, 0.1) is 46.7 Å². The lowest BCUT2D eigenvalue weighted by molar-refractivity contribution is -0.133. The van der Waals surface area contributed by atoms with Crippen molar-refractivity contribution < 1.29 is 14.3 Å². The number of hydrogen-bond donors (Lipinski definition) is 1. The maximum atomic E-state index is 12.9. The van der Waals surface area contributed by atoms with Crippen LogP contribution in [-0.2, 0) is 14.3 Å². The van der Waals surface area contributed by atoms with Crippen LogP contribution in [0, 0.1) is 6.92 Å². The summed E-state index contributed by atoms with van der Waals surface area (Å²) < 4.78 is 7.51. The summed E-state index contributed by atoms with van der Waals surface area (Å²) in [6.07, 6.45) is 5.31. The van der Waals surface area contributed by atoms with E-state index < -0.39 is 0 Å². The van der Waals surface area contributed by atoms with Crippen LogP contribution in [0.5, 0.6) is 0 Å². The molecule has 1 aliphatic carbocycles. The number of morpholine rings is 1. The lowest BCUT2D eigenvalue weighted by Gasteiger charge is -2.38.